The Labute approximate surface area is 98.2 Å². The minimum absolute atomic E-state index is 0.170. The van der Waals surface area contributed by atoms with Gasteiger partial charge in [0.05, 0.1) is 0 Å². The van der Waals surface area contributed by atoms with E-state index in [2.05, 4.69) is 0 Å². The first-order valence-corrected chi connectivity index (χ1v) is 6.36. The summed E-state index contributed by atoms with van der Waals surface area (Å²) in [4.78, 5) is 15.7. The van der Waals surface area contributed by atoms with Crippen LogP contribution in [0.15, 0.2) is 0 Å². The van der Waals surface area contributed by atoms with Gasteiger partial charge in [0.25, 0.3) is 0 Å². The predicted octanol–water partition coefficient (Wildman–Crippen LogP) is 1.69. The van der Waals surface area contributed by atoms with Crippen LogP contribution >= 0.6 is 0 Å². The number of hydrogen-bond acceptors (Lipinski definition) is 2. The van der Waals surface area contributed by atoms with Crippen LogP contribution in [0.3, 0.4) is 0 Å². The van der Waals surface area contributed by atoms with Crippen LogP contribution in [0.1, 0.15) is 38.5 Å². The highest BCUT2D eigenvalue weighted by Gasteiger charge is 2.19. The van der Waals surface area contributed by atoms with Gasteiger partial charge in [-0.05, 0) is 38.5 Å². The Morgan fingerprint density at radius 1 is 1.19 bits per heavy atom. The van der Waals surface area contributed by atoms with Crippen molar-refractivity contribution in [2.45, 2.75) is 38.5 Å². The normalized spacial score (nSPS) is 16.2. The minimum Gasteiger partial charge on any atom is -0.396 e. The van der Waals surface area contributed by atoms with Crippen LogP contribution in [0.25, 0.3) is 0 Å². The fraction of sp³-hybridized carbons (Fsp3) is 0.917. The van der Waals surface area contributed by atoms with Gasteiger partial charge >= 0.3 is 6.03 Å². The van der Waals surface area contributed by atoms with Crippen molar-refractivity contribution in [2.75, 3.05) is 33.3 Å². The highest BCUT2D eigenvalue weighted by Crippen LogP contribution is 2.11. The molecule has 0 aromatic carbocycles. The summed E-state index contributed by atoms with van der Waals surface area (Å²) < 4.78 is 0. The molecule has 4 heteroatoms. The van der Waals surface area contributed by atoms with Crippen molar-refractivity contribution >= 4 is 6.03 Å². The van der Waals surface area contributed by atoms with Crippen LogP contribution in [-0.4, -0.2) is 54.2 Å². The number of aliphatic hydroxyl groups excluding tert-OH is 1. The monoisotopic (exact) mass is 228 g/mol. The van der Waals surface area contributed by atoms with Crippen molar-refractivity contribution in [3.05, 3.63) is 0 Å². The number of carbonyl (C=O) groups is 1. The maximum absolute atomic E-state index is 12.0. The second-order valence-corrected chi connectivity index (χ2v) is 4.54. The third-order valence-corrected chi connectivity index (χ3v) is 3.10. The van der Waals surface area contributed by atoms with E-state index in [1.807, 2.05) is 16.8 Å². The maximum Gasteiger partial charge on any atom is 0.319 e. The summed E-state index contributed by atoms with van der Waals surface area (Å²) in [5.41, 5.74) is 0. The van der Waals surface area contributed by atoms with Crippen molar-refractivity contribution in [3.8, 4) is 0 Å². The second kappa shape index (κ2) is 7.49. The SMILES string of the molecule is CN(CCCCCO)C(=O)N1CCCCC1. The predicted molar refractivity (Wildman–Crippen MR) is 64.4 cm³/mol. The van der Waals surface area contributed by atoms with Crippen LogP contribution in [0.2, 0.25) is 0 Å². The lowest BCUT2D eigenvalue weighted by atomic mass is 10.1. The summed E-state index contributed by atoms with van der Waals surface area (Å²) in [5, 5.41) is 8.66. The zero-order valence-electron chi connectivity index (χ0n) is 10.3. The van der Waals surface area contributed by atoms with E-state index in [0.29, 0.717) is 0 Å². The van der Waals surface area contributed by atoms with E-state index in [1.54, 1.807) is 0 Å². The Bertz CT molecular complexity index is 203. The highest BCUT2D eigenvalue weighted by atomic mass is 16.2. The lowest BCUT2D eigenvalue weighted by Gasteiger charge is -2.31. The average molecular weight is 228 g/mol. The topological polar surface area (TPSA) is 43.8 Å². The molecular weight excluding hydrogens is 204 g/mol. The first-order chi connectivity index (χ1) is 7.75. The van der Waals surface area contributed by atoms with Gasteiger partial charge in [0.15, 0.2) is 0 Å². The van der Waals surface area contributed by atoms with Gasteiger partial charge in [-0.25, -0.2) is 4.79 Å². The quantitative estimate of drug-likeness (QED) is 0.728. The third-order valence-electron chi connectivity index (χ3n) is 3.10. The first-order valence-electron chi connectivity index (χ1n) is 6.36. The Morgan fingerprint density at radius 2 is 1.88 bits per heavy atom. The van der Waals surface area contributed by atoms with E-state index in [9.17, 15) is 4.79 Å². The standard InChI is InChI=1S/C12H24N2O2/c1-13(8-4-3-7-11-15)12(16)14-9-5-2-6-10-14/h15H,2-11H2,1H3. The van der Waals surface area contributed by atoms with Crippen LogP contribution in [0, 0.1) is 0 Å². The number of aliphatic hydroxyl groups is 1. The van der Waals surface area contributed by atoms with Gasteiger partial charge in [-0.15, -0.1) is 0 Å². The zero-order valence-corrected chi connectivity index (χ0v) is 10.3. The molecule has 1 heterocycles. The molecule has 0 atom stereocenters. The fourth-order valence-electron chi connectivity index (χ4n) is 2.06. The number of nitrogens with zero attached hydrogens (tertiary/aromatic N) is 2. The number of piperidine rings is 1. The summed E-state index contributed by atoms with van der Waals surface area (Å²) in [6.45, 7) is 2.89. The summed E-state index contributed by atoms with van der Waals surface area (Å²) in [6, 6.07) is 0.170. The number of hydrogen-bond donors (Lipinski definition) is 1. The second-order valence-electron chi connectivity index (χ2n) is 4.54. The van der Waals surface area contributed by atoms with Gasteiger partial charge in [0.1, 0.15) is 0 Å². The molecule has 1 N–H and O–H groups in total. The van der Waals surface area contributed by atoms with E-state index >= 15 is 0 Å². The number of amides is 2. The summed E-state index contributed by atoms with van der Waals surface area (Å²) in [6.07, 6.45) is 6.36. The van der Waals surface area contributed by atoms with E-state index in [1.165, 1.54) is 6.42 Å². The van der Waals surface area contributed by atoms with Gasteiger partial charge < -0.3 is 14.9 Å². The van der Waals surface area contributed by atoms with Gasteiger partial charge in [0.2, 0.25) is 0 Å². The Hall–Kier alpha value is -0.770. The Morgan fingerprint density at radius 3 is 2.50 bits per heavy atom. The van der Waals surface area contributed by atoms with Crippen LogP contribution < -0.4 is 0 Å². The van der Waals surface area contributed by atoms with Crippen LogP contribution in [-0.2, 0) is 0 Å². The molecule has 0 aromatic rings. The van der Waals surface area contributed by atoms with Gasteiger partial charge in [-0.1, -0.05) is 0 Å². The molecule has 0 aliphatic carbocycles. The largest absolute Gasteiger partial charge is 0.396 e. The molecule has 0 radical (unpaired) electrons. The molecule has 0 aromatic heterocycles. The fourth-order valence-corrected chi connectivity index (χ4v) is 2.06. The molecule has 4 nitrogen and oxygen atoms in total. The van der Waals surface area contributed by atoms with E-state index in [4.69, 9.17) is 5.11 Å². The zero-order chi connectivity index (χ0) is 11.8. The molecule has 94 valence electrons. The molecule has 16 heavy (non-hydrogen) atoms. The highest BCUT2D eigenvalue weighted by molar-refractivity contribution is 5.74. The Kier molecular flexibility index (Phi) is 6.23. The first kappa shape index (κ1) is 13.3. The lowest BCUT2D eigenvalue weighted by Crippen LogP contribution is -2.44. The molecule has 0 unspecified atom stereocenters. The number of likely N-dealkylation sites (tertiary alicyclic amines) is 1. The van der Waals surface area contributed by atoms with E-state index < -0.39 is 0 Å². The molecule has 1 fully saturated rings. The number of carbonyl (C=O) groups excluding carboxylic acids is 1. The molecule has 0 spiro atoms. The van der Waals surface area contributed by atoms with Gasteiger partial charge in [-0.3, -0.25) is 0 Å². The summed E-state index contributed by atoms with van der Waals surface area (Å²) in [7, 11) is 1.87. The van der Waals surface area contributed by atoms with Crippen molar-refractivity contribution < 1.29 is 9.90 Å². The van der Waals surface area contributed by atoms with Gasteiger partial charge in [-0.2, -0.15) is 0 Å². The number of rotatable bonds is 5. The maximum atomic E-state index is 12.0. The van der Waals surface area contributed by atoms with Crippen molar-refractivity contribution in [1.82, 2.24) is 9.80 Å². The van der Waals surface area contributed by atoms with Crippen LogP contribution in [0.4, 0.5) is 4.79 Å². The van der Waals surface area contributed by atoms with Crippen molar-refractivity contribution in [2.24, 2.45) is 0 Å². The van der Waals surface area contributed by atoms with Crippen LogP contribution in [0.5, 0.6) is 0 Å². The van der Waals surface area contributed by atoms with E-state index in [-0.39, 0.29) is 12.6 Å². The molecule has 0 bridgehead atoms. The molecule has 1 saturated heterocycles. The Balaban J connectivity index is 2.18. The average Bonchev–Trinajstić information content (AvgIpc) is 2.34. The van der Waals surface area contributed by atoms with Gasteiger partial charge in [0, 0.05) is 33.3 Å². The number of urea groups is 1. The van der Waals surface area contributed by atoms with E-state index in [0.717, 1.165) is 51.7 Å². The van der Waals surface area contributed by atoms with Crippen molar-refractivity contribution in [3.63, 3.8) is 0 Å². The molecule has 1 aliphatic rings. The lowest BCUT2D eigenvalue weighted by molar-refractivity contribution is 0.152. The molecule has 1 aliphatic heterocycles. The summed E-state index contributed by atoms with van der Waals surface area (Å²) in [5.74, 6) is 0. The number of unbranched alkanes of at least 4 members (excludes halogenated alkanes) is 2. The molecule has 2 amide bonds. The third kappa shape index (κ3) is 4.39. The molecule has 1 rings (SSSR count). The molecule has 0 saturated carbocycles. The summed E-state index contributed by atoms with van der Waals surface area (Å²) >= 11 is 0. The molecular formula is C12H24N2O2. The van der Waals surface area contributed by atoms with Crippen molar-refractivity contribution in [1.29, 1.82) is 0 Å². The smallest absolute Gasteiger partial charge is 0.319 e. The minimum atomic E-state index is 0.170.